The van der Waals surface area contributed by atoms with Crippen LogP contribution in [0.1, 0.15) is 0 Å². The maximum Gasteiger partial charge on any atom is 0.162 e. The number of rotatable bonds is 6. The molecule has 0 saturated heterocycles. The van der Waals surface area contributed by atoms with Crippen LogP contribution in [0.2, 0.25) is 0 Å². The van der Waals surface area contributed by atoms with Crippen LogP contribution in [0.3, 0.4) is 0 Å². The number of nitrogens with zero attached hydrogens (tertiary/aromatic N) is 6. The zero-order valence-electron chi connectivity index (χ0n) is 25.3. The van der Waals surface area contributed by atoms with Gasteiger partial charge in [-0.1, -0.05) is 91.0 Å². The average molecular weight is 673 g/mol. The molecule has 0 atom stereocenters. The van der Waals surface area contributed by atoms with Crippen LogP contribution in [0, 0.1) is 0 Å². The van der Waals surface area contributed by atoms with E-state index in [1.165, 1.54) is 31.3 Å². The Morgan fingerprint density at radius 2 is 0.583 bits per heavy atom. The van der Waals surface area contributed by atoms with Crippen molar-refractivity contribution >= 4 is 51.0 Å². The molecule has 0 aliphatic carbocycles. The minimum Gasteiger partial charge on any atom is -0.196 e. The van der Waals surface area contributed by atoms with Crippen molar-refractivity contribution < 1.29 is 0 Å². The predicted octanol–water partition coefficient (Wildman–Crippen LogP) is 10.8. The lowest BCUT2D eigenvalue weighted by atomic mass is 10.2. The highest BCUT2D eigenvalue weighted by Gasteiger charge is 2.20. The summed E-state index contributed by atoms with van der Waals surface area (Å²) in [5.74, 6) is 0. The van der Waals surface area contributed by atoms with E-state index >= 15 is 0 Å². The van der Waals surface area contributed by atoms with E-state index in [4.69, 9.17) is 15.3 Å². The van der Waals surface area contributed by atoms with Crippen molar-refractivity contribution in [3.05, 3.63) is 146 Å². The molecule has 0 amide bonds. The summed E-state index contributed by atoms with van der Waals surface area (Å²) in [5.41, 5.74) is 8.98. The van der Waals surface area contributed by atoms with E-state index in [0.717, 1.165) is 48.7 Å². The molecule has 0 unspecified atom stereocenters. The second-order valence-corrected chi connectivity index (χ2v) is 14.7. The highest BCUT2D eigenvalue weighted by Crippen LogP contribution is 2.38. The molecule has 7 heterocycles. The van der Waals surface area contributed by atoms with Gasteiger partial charge in [0.15, 0.2) is 16.9 Å². The largest absolute Gasteiger partial charge is 0.196 e. The molecule has 0 N–H and O–H groups in total. The van der Waals surface area contributed by atoms with Gasteiger partial charge in [-0.25, -0.2) is 0 Å². The smallest absolute Gasteiger partial charge is 0.162 e. The molecule has 0 spiro atoms. The number of hydrogen-bond acceptors (Lipinski definition) is 6. The Balaban J connectivity index is 1.15. The van der Waals surface area contributed by atoms with Crippen LogP contribution in [0.5, 0.6) is 0 Å². The molecule has 7 aromatic heterocycles. The van der Waals surface area contributed by atoms with Crippen molar-refractivity contribution in [1.82, 2.24) is 28.8 Å². The Morgan fingerprint density at radius 1 is 0.312 bits per heavy atom. The van der Waals surface area contributed by atoms with E-state index < -0.39 is 0 Å². The van der Waals surface area contributed by atoms with Crippen molar-refractivity contribution in [2.24, 2.45) is 0 Å². The summed E-state index contributed by atoms with van der Waals surface area (Å²) in [7, 11) is 0. The molecular weight excluding hydrogens is 649 g/mol. The first-order chi connectivity index (χ1) is 23.7. The zero-order chi connectivity index (χ0) is 31.6. The van der Waals surface area contributed by atoms with Gasteiger partial charge in [-0.3, -0.25) is 0 Å². The van der Waals surface area contributed by atoms with Gasteiger partial charge in [0.25, 0.3) is 0 Å². The van der Waals surface area contributed by atoms with Crippen LogP contribution in [-0.4, -0.2) is 28.8 Å². The molecule has 0 fully saturated rings. The molecule has 0 radical (unpaired) electrons. The van der Waals surface area contributed by atoms with Crippen LogP contribution in [-0.2, 0) is 0 Å². The topological polar surface area (TPSA) is 51.9 Å². The summed E-state index contributed by atoms with van der Waals surface area (Å²) < 4.78 is 5.94. The van der Waals surface area contributed by atoms with Gasteiger partial charge < -0.3 is 0 Å². The van der Waals surface area contributed by atoms with Crippen molar-refractivity contribution in [2.75, 3.05) is 0 Å². The number of fused-ring (bicyclic) bond motifs is 6. The molecule has 228 valence electrons. The molecule has 9 heteroatoms. The predicted molar refractivity (Wildman–Crippen MR) is 199 cm³/mol. The van der Waals surface area contributed by atoms with E-state index in [-0.39, 0.29) is 0 Å². The summed E-state index contributed by atoms with van der Waals surface area (Å²) >= 11 is 5.24. The van der Waals surface area contributed by atoms with Gasteiger partial charge >= 0.3 is 0 Å². The highest BCUT2D eigenvalue weighted by atomic mass is 32.1. The first kappa shape index (κ1) is 27.5. The lowest BCUT2D eigenvalue weighted by Gasteiger charge is -2.01. The van der Waals surface area contributed by atoms with E-state index in [1.807, 2.05) is 31.7 Å². The summed E-state index contributed by atoms with van der Waals surface area (Å²) in [4.78, 5) is 6.95. The van der Waals surface area contributed by atoms with Gasteiger partial charge in [0.05, 0.1) is 14.6 Å². The Morgan fingerprint density at radius 3 is 0.875 bits per heavy atom. The van der Waals surface area contributed by atoms with E-state index in [0.29, 0.717) is 0 Å². The molecule has 3 aromatic carbocycles. The van der Waals surface area contributed by atoms with E-state index in [2.05, 4.69) is 127 Å². The van der Waals surface area contributed by atoms with Crippen molar-refractivity contribution in [3.63, 3.8) is 0 Å². The molecule has 0 aliphatic rings. The van der Waals surface area contributed by atoms with Crippen LogP contribution < -0.4 is 0 Å². The van der Waals surface area contributed by atoms with Crippen molar-refractivity contribution in [3.8, 4) is 63.0 Å². The highest BCUT2D eigenvalue weighted by molar-refractivity contribution is 7.19. The van der Waals surface area contributed by atoms with Gasteiger partial charge in [0, 0.05) is 32.8 Å². The van der Waals surface area contributed by atoms with Crippen LogP contribution in [0.15, 0.2) is 146 Å². The Bertz CT molecular complexity index is 2330. The van der Waals surface area contributed by atoms with Crippen molar-refractivity contribution in [1.29, 1.82) is 0 Å². The summed E-state index contributed by atoms with van der Waals surface area (Å²) in [6, 6.07) is 50.9. The number of thiophene rings is 3. The summed E-state index contributed by atoms with van der Waals surface area (Å²) in [6.07, 6.45) is 0. The van der Waals surface area contributed by atoms with E-state index in [9.17, 15) is 0 Å². The maximum absolute atomic E-state index is 5.17. The third-order valence-corrected chi connectivity index (χ3v) is 11.9. The monoisotopic (exact) mass is 672 g/mol. The fraction of sp³-hybridized carbons (Fsp3) is 0. The first-order valence-electron chi connectivity index (χ1n) is 15.5. The normalized spacial score (nSPS) is 11.8. The Labute approximate surface area is 287 Å². The Kier molecular flexibility index (Phi) is 6.29. The number of benzene rings is 3. The minimum absolute atomic E-state index is 0.885. The van der Waals surface area contributed by atoms with Gasteiger partial charge in [0.2, 0.25) is 0 Å². The van der Waals surface area contributed by atoms with Crippen LogP contribution >= 0.6 is 34.0 Å². The molecule has 10 aromatic rings. The Hall–Kier alpha value is -5.61. The third kappa shape index (κ3) is 4.55. The second kappa shape index (κ2) is 11.0. The molecule has 0 aliphatic heterocycles. The first-order valence-corrected chi connectivity index (χ1v) is 18.0. The molecular formula is C39H24N6S3. The van der Waals surface area contributed by atoms with Crippen LogP contribution in [0.25, 0.3) is 80.0 Å². The SMILES string of the molecule is c1ccc(-c2ccc(-c3cc4n(n3)c3cc(-c5ccc(-c6ccccc6)s5)nn3c3cc(-c5ccc(-c6ccccc6)s5)nn43)s2)cc1. The van der Waals surface area contributed by atoms with Gasteiger partial charge in [-0.05, 0) is 53.1 Å². The van der Waals surface area contributed by atoms with Gasteiger partial charge in [-0.2, -0.15) is 28.8 Å². The zero-order valence-corrected chi connectivity index (χ0v) is 27.7. The second-order valence-electron chi connectivity index (χ2n) is 11.5. The quantitative estimate of drug-likeness (QED) is 0.177. The molecule has 0 saturated carbocycles. The molecule has 10 rings (SSSR count). The average Bonchev–Trinajstić information content (AvgIpc) is 3.98. The van der Waals surface area contributed by atoms with Gasteiger partial charge in [-0.15, -0.1) is 34.0 Å². The fourth-order valence-corrected chi connectivity index (χ4v) is 9.03. The maximum atomic E-state index is 5.17. The lowest BCUT2D eigenvalue weighted by molar-refractivity contribution is 0.832. The molecule has 48 heavy (non-hydrogen) atoms. The lowest BCUT2D eigenvalue weighted by Crippen LogP contribution is -2.04. The third-order valence-electron chi connectivity index (χ3n) is 8.47. The molecule has 0 bridgehead atoms. The molecule has 6 nitrogen and oxygen atoms in total. The number of hydrogen-bond donors (Lipinski definition) is 0. The number of aromatic nitrogens is 6. The fourth-order valence-electron chi connectivity index (χ4n) is 6.13. The summed E-state index contributed by atoms with van der Waals surface area (Å²) in [5, 5.41) is 15.5. The van der Waals surface area contributed by atoms with Gasteiger partial charge in [0.1, 0.15) is 17.1 Å². The van der Waals surface area contributed by atoms with Crippen LogP contribution in [0.4, 0.5) is 0 Å². The standard InChI is InChI=1S/C39H24N6S3/c1-4-10-25(11-5-1)31-16-19-34(46-31)28-22-37-43(40-28)38-23-29(35-20-17-32(47-35)26-12-6-2-7-13-26)42-45(38)39-24-30(41-44(37)39)36-21-18-33(48-36)27-14-8-3-9-15-27/h1-24H. The van der Waals surface area contributed by atoms with E-state index in [1.54, 1.807) is 34.0 Å². The summed E-state index contributed by atoms with van der Waals surface area (Å²) in [6.45, 7) is 0. The minimum atomic E-state index is 0.885. The van der Waals surface area contributed by atoms with Crippen molar-refractivity contribution in [2.45, 2.75) is 0 Å².